The monoisotopic (exact) mass is 118 g/mol. The minimum atomic E-state index is -1.10. The van der Waals surface area contributed by atoms with Crippen LogP contribution in [0.5, 0.6) is 0 Å². The average molecular weight is 118 g/mol. The average Bonchev–Trinajstić information content (AvgIpc) is 1.64. The minimum absolute atomic E-state index is 0.241. The smallest absolute Gasteiger partial charge is 0.121 e. The zero-order chi connectivity index (χ0) is 6.73. The summed E-state index contributed by atoms with van der Waals surface area (Å²) in [6.07, 6.45) is -1.83. The fourth-order valence-corrected chi connectivity index (χ4v) is 0.332. The van der Waals surface area contributed by atoms with Gasteiger partial charge in [-0.1, -0.05) is 6.58 Å². The van der Waals surface area contributed by atoms with Crippen molar-refractivity contribution in [2.45, 2.75) is 26.1 Å². The van der Waals surface area contributed by atoms with Crippen molar-refractivity contribution < 1.29 is 9.50 Å². The fourth-order valence-electron chi connectivity index (χ4n) is 0.332. The standard InChI is InChI=1S/C6H11FO/c1-4(5(2)7)6(3)8/h5-6,8H,1H2,2-3H3. The summed E-state index contributed by atoms with van der Waals surface area (Å²) in [6, 6.07) is 0. The number of rotatable bonds is 2. The van der Waals surface area contributed by atoms with Crippen LogP contribution >= 0.6 is 0 Å². The van der Waals surface area contributed by atoms with Crippen molar-refractivity contribution in [3.8, 4) is 0 Å². The van der Waals surface area contributed by atoms with Crippen LogP contribution in [0, 0.1) is 0 Å². The molecule has 8 heavy (non-hydrogen) atoms. The Bertz CT molecular complexity index is 76.5. The van der Waals surface area contributed by atoms with E-state index in [9.17, 15) is 4.39 Å². The molecule has 0 fully saturated rings. The van der Waals surface area contributed by atoms with Crippen molar-refractivity contribution in [3.05, 3.63) is 12.2 Å². The predicted octanol–water partition coefficient (Wildman–Crippen LogP) is 1.28. The molecule has 0 saturated carbocycles. The highest BCUT2D eigenvalue weighted by Gasteiger charge is 2.07. The lowest BCUT2D eigenvalue weighted by molar-refractivity contribution is 0.208. The van der Waals surface area contributed by atoms with Crippen LogP contribution in [0.4, 0.5) is 4.39 Å². The number of halogens is 1. The van der Waals surface area contributed by atoms with E-state index in [0.29, 0.717) is 0 Å². The molecule has 0 heterocycles. The number of alkyl halides is 1. The first-order valence-electron chi connectivity index (χ1n) is 2.56. The molecule has 48 valence electrons. The minimum Gasteiger partial charge on any atom is -0.389 e. The van der Waals surface area contributed by atoms with Crippen LogP contribution in [0.3, 0.4) is 0 Å². The fraction of sp³-hybridized carbons (Fsp3) is 0.667. The topological polar surface area (TPSA) is 20.2 Å². The summed E-state index contributed by atoms with van der Waals surface area (Å²) in [7, 11) is 0. The highest BCUT2D eigenvalue weighted by atomic mass is 19.1. The Labute approximate surface area is 48.8 Å². The Balaban J connectivity index is 3.65. The lowest BCUT2D eigenvalue weighted by Gasteiger charge is -2.07. The van der Waals surface area contributed by atoms with Gasteiger partial charge in [0.25, 0.3) is 0 Å². The molecule has 0 saturated heterocycles. The molecule has 2 heteroatoms. The van der Waals surface area contributed by atoms with E-state index in [1.165, 1.54) is 13.8 Å². The van der Waals surface area contributed by atoms with Crippen LogP contribution in [-0.4, -0.2) is 17.4 Å². The van der Waals surface area contributed by atoms with Gasteiger partial charge in [0.1, 0.15) is 6.17 Å². The van der Waals surface area contributed by atoms with Gasteiger partial charge in [-0.2, -0.15) is 0 Å². The molecule has 0 spiro atoms. The Morgan fingerprint density at radius 3 is 2.00 bits per heavy atom. The van der Waals surface area contributed by atoms with E-state index in [0.717, 1.165) is 0 Å². The molecule has 0 bridgehead atoms. The van der Waals surface area contributed by atoms with Gasteiger partial charge in [-0.3, -0.25) is 0 Å². The van der Waals surface area contributed by atoms with Gasteiger partial charge in [0.2, 0.25) is 0 Å². The van der Waals surface area contributed by atoms with Gasteiger partial charge in [-0.15, -0.1) is 0 Å². The molecule has 0 aliphatic rings. The summed E-state index contributed by atoms with van der Waals surface area (Å²) in [5, 5.41) is 8.65. The molecule has 0 aliphatic carbocycles. The second-order valence-electron chi connectivity index (χ2n) is 1.87. The van der Waals surface area contributed by atoms with Crippen LogP contribution in [0.2, 0.25) is 0 Å². The number of hydrogen-bond donors (Lipinski definition) is 1. The molecule has 1 N–H and O–H groups in total. The highest BCUT2D eigenvalue weighted by molar-refractivity contribution is 5.04. The second-order valence-corrected chi connectivity index (χ2v) is 1.87. The molecule has 2 atom stereocenters. The molecule has 1 nitrogen and oxygen atoms in total. The first-order valence-corrected chi connectivity index (χ1v) is 2.56. The maximum atomic E-state index is 12.1. The Morgan fingerprint density at radius 2 is 2.00 bits per heavy atom. The molecule has 0 rings (SSSR count). The summed E-state index contributed by atoms with van der Waals surface area (Å²) < 4.78 is 12.1. The Morgan fingerprint density at radius 1 is 1.62 bits per heavy atom. The molecule has 0 aliphatic heterocycles. The highest BCUT2D eigenvalue weighted by Crippen LogP contribution is 2.06. The maximum Gasteiger partial charge on any atom is 0.121 e. The molecule has 0 amide bonds. The third kappa shape index (κ3) is 2.07. The van der Waals surface area contributed by atoms with Crippen molar-refractivity contribution in [1.82, 2.24) is 0 Å². The van der Waals surface area contributed by atoms with E-state index in [-0.39, 0.29) is 5.57 Å². The van der Waals surface area contributed by atoms with Crippen molar-refractivity contribution in [3.63, 3.8) is 0 Å². The predicted molar refractivity (Wildman–Crippen MR) is 31.4 cm³/mol. The number of aliphatic hydroxyl groups excluding tert-OH is 1. The largest absolute Gasteiger partial charge is 0.389 e. The molecular weight excluding hydrogens is 107 g/mol. The van der Waals surface area contributed by atoms with Crippen LogP contribution in [0.15, 0.2) is 12.2 Å². The molecule has 0 aromatic rings. The van der Waals surface area contributed by atoms with E-state index in [1.807, 2.05) is 0 Å². The van der Waals surface area contributed by atoms with E-state index < -0.39 is 12.3 Å². The lowest BCUT2D eigenvalue weighted by atomic mass is 10.1. The van der Waals surface area contributed by atoms with Gasteiger partial charge in [0, 0.05) is 0 Å². The zero-order valence-corrected chi connectivity index (χ0v) is 5.19. The SMILES string of the molecule is C=C(C(C)O)C(C)F. The summed E-state index contributed by atoms with van der Waals surface area (Å²) in [4.78, 5) is 0. The molecule has 2 unspecified atom stereocenters. The van der Waals surface area contributed by atoms with Gasteiger partial charge in [-0.05, 0) is 19.4 Å². The van der Waals surface area contributed by atoms with Gasteiger partial charge >= 0.3 is 0 Å². The van der Waals surface area contributed by atoms with Crippen LogP contribution in [-0.2, 0) is 0 Å². The van der Waals surface area contributed by atoms with E-state index in [1.54, 1.807) is 0 Å². The van der Waals surface area contributed by atoms with E-state index in [4.69, 9.17) is 5.11 Å². The van der Waals surface area contributed by atoms with E-state index >= 15 is 0 Å². The molecular formula is C6H11FO. The Kier molecular flexibility index (Phi) is 2.69. The number of hydrogen-bond acceptors (Lipinski definition) is 1. The second kappa shape index (κ2) is 2.82. The summed E-state index contributed by atoms with van der Waals surface area (Å²) in [6.45, 7) is 6.18. The van der Waals surface area contributed by atoms with Gasteiger partial charge in [0.15, 0.2) is 0 Å². The van der Waals surface area contributed by atoms with Crippen molar-refractivity contribution in [2.75, 3.05) is 0 Å². The normalized spacial score (nSPS) is 17.5. The van der Waals surface area contributed by atoms with Crippen molar-refractivity contribution in [2.24, 2.45) is 0 Å². The van der Waals surface area contributed by atoms with Crippen LogP contribution in [0.25, 0.3) is 0 Å². The molecule has 0 radical (unpaired) electrons. The van der Waals surface area contributed by atoms with Gasteiger partial charge in [0.05, 0.1) is 6.10 Å². The first-order chi connectivity index (χ1) is 3.55. The van der Waals surface area contributed by atoms with Crippen LogP contribution in [0.1, 0.15) is 13.8 Å². The number of aliphatic hydroxyl groups is 1. The zero-order valence-electron chi connectivity index (χ0n) is 5.19. The molecule has 0 aromatic carbocycles. The van der Waals surface area contributed by atoms with Gasteiger partial charge in [-0.25, -0.2) is 4.39 Å². The first kappa shape index (κ1) is 7.63. The molecule has 0 aromatic heterocycles. The van der Waals surface area contributed by atoms with Gasteiger partial charge < -0.3 is 5.11 Å². The lowest BCUT2D eigenvalue weighted by Crippen LogP contribution is -2.11. The quantitative estimate of drug-likeness (QED) is 0.541. The van der Waals surface area contributed by atoms with Crippen molar-refractivity contribution in [1.29, 1.82) is 0 Å². The maximum absolute atomic E-state index is 12.1. The summed E-state index contributed by atoms with van der Waals surface area (Å²) >= 11 is 0. The third-order valence-electron chi connectivity index (χ3n) is 1.05. The summed E-state index contributed by atoms with van der Waals surface area (Å²) in [5.41, 5.74) is 0.241. The third-order valence-corrected chi connectivity index (χ3v) is 1.05. The van der Waals surface area contributed by atoms with Crippen LogP contribution < -0.4 is 0 Å². The van der Waals surface area contributed by atoms with Crippen molar-refractivity contribution >= 4 is 0 Å². The van der Waals surface area contributed by atoms with E-state index in [2.05, 4.69) is 6.58 Å². The Hall–Kier alpha value is -0.370. The summed E-state index contributed by atoms with van der Waals surface area (Å²) in [5.74, 6) is 0.